The van der Waals surface area contributed by atoms with Gasteiger partial charge in [0.1, 0.15) is 5.69 Å². The van der Waals surface area contributed by atoms with Gasteiger partial charge in [-0.1, -0.05) is 19.3 Å². The number of H-pyrrole nitrogens is 1. The van der Waals surface area contributed by atoms with Gasteiger partial charge < -0.3 is 10.1 Å². The van der Waals surface area contributed by atoms with Gasteiger partial charge in [-0.25, -0.2) is 0 Å². The van der Waals surface area contributed by atoms with Crippen molar-refractivity contribution in [1.29, 1.82) is 0 Å². The Hall–Kier alpha value is -1.85. The lowest BCUT2D eigenvalue weighted by Crippen LogP contribution is -2.43. The van der Waals surface area contributed by atoms with Gasteiger partial charge in [0, 0.05) is 12.2 Å². The first kappa shape index (κ1) is 13.6. The first-order valence-electron chi connectivity index (χ1n) is 6.60. The lowest BCUT2D eigenvalue weighted by molar-refractivity contribution is -0.146. The second-order valence-corrected chi connectivity index (χ2v) is 4.82. The Balaban J connectivity index is 2.05. The highest BCUT2D eigenvalue weighted by molar-refractivity contribution is 5.92. The summed E-state index contributed by atoms with van der Waals surface area (Å²) in [6.45, 7) is 0. The zero-order chi connectivity index (χ0) is 13.7. The van der Waals surface area contributed by atoms with Crippen molar-refractivity contribution in [2.75, 3.05) is 7.11 Å². The summed E-state index contributed by atoms with van der Waals surface area (Å²) in [6.07, 6.45) is 6.20. The van der Waals surface area contributed by atoms with E-state index in [-0.39, 0.29) is 23.8 Å². The fourth-order valence-electron chi connectivity index (χ4n) is 2.54. The predicted octanol–water partition coefficient (Wildman–Crippen LogP) is 1.26. The van der Waals surface area contributed by atoms with E-state index in [1.807, 2.05) is 0 Å². The number of hydrogen-bond acceptors (Lipinski definition) is 4. The topological polar surface area (TPSA) is 84.1 Å². The first-order valence-corrected chi connectivity index (χ1v) is 6.60. The molecule has 6 heteroatoms. The molecule has 2 N–H and O–H groups in total. The number of carbonyl (C=O) groups is 2. The van der Waals surface area contributed by atoms with Gasteiger partial charge in [-0.15, -0.1) is 0 Å². The third kappa shape index (κ3) is 3.33. The summed E-state index contributed by atoms with van der Waals surface area (Å²) < 4.78 is 4.84. The number of methoxy groups -OCH3 is 1. The molecular weight excluding hydrogens is 246 g/mol. The number of nitrogens with one attached hydrogen (secondary N) is 2. The zero-order valence-electron chi connectivity index (χ0n) is 11.0. The molecule has 0 unspecified atom stereocenters. The molecule has 1 aliphatic rings. The molecular formula is C13H19N3O3. The maximum absolute atomic E-state index is 12.0. The van der Waals surface area contributed by atoms with Crippen LogP contribution in [0.2, 0.25) is 0 Å². The molecule has 0 saturated heterocycles. The van der Waals surface area contributed by atoms with Crippen molar-refractivity contribution in [3.63, 3.8) is 0 Å². The van der Waals surface area contributed by atoms with Gasteiger partial charge in [-0.05, 0) is 18.9 Å². The SMILES string of the molecule is COC(=O)[C@H]1CCCCC[C@H]1NC(=O)c1ccn[nH]1. The Morgan fingerprint density at radius 2 is 2.16 bits per heavy atom. The summed E-state index contributed by atoms with van der Waals surface area (Å²) in [5.74, 6) is -0.713. The van der Waals surface area contributed by atoms with Gasteiger partial charge >= 0.3 is 5.97 Å². The average molecular weight is 265 g/mol. The van der Waals surface area contributed by atoms with Crippen molar-refractivity contribution in [3.05, 3.63) is 18.0 Å². The van der Waals surface area contributed by atoms with Crippen LogP contribution in [-0.2, 0) is 9.53 Å². The highest BCUT2D eigenvalue weighted by Gasteiger charge is 2.31. The summed E-state index contributed by atoms with van der Waals surface area (Å²) in [5, 5.41) is 9.29. The van der Waals surface area contributed by atoms with Crippen LogP contribution >= 0.6 is 0 Å². The Bertz CT molecular complexity index is 430. The molecule has 0 spiro atoms. The molecule has 2 rings (SSSR count). The number of esters is 1. The van der Waals surface area contributed by atoms with Crippen molar-refractivity contribution >= 4 is 11.9 Å². The van der Waals surface area contributed by atoms with E-state index in [0.717, 1.165) is 32.1 Å². The van der Waals surface area contributed by atoms with Gasteiger partial charge in [0.25, 0.3) is 5.91 Å². The van der Waals surface area contributed by atoms with E-state index in [9.17, 15) is 9.59 Å². The molecule has 6 nitrogen and oxygen atoms in total. The quantitative estimate of drug-likeness (QED) is 0.636. The Kier molecular flexibility index (Phi) is 4.54. The standard InChI is InChI=1S/C13H19N3O3/c1-19-13(18)9-5-3-2-4-6-10(9)15-12(17)11-7-8-14-16-11/h7-10H,2-6H2,1H3,(H,14,16)(H,15,17)/t9-,10+/m0/s1. The minimum absolute atomic E-state index is 0.161. The minimum Gasteiger partial charge on any atom is -0.469 e. The molecule has 1 fully saturated rings. The van der Waals surface area contributed by atoms with Gasteiger partial charge in [-0.3, -0.25) is 14.7 Å². The number of ether oxygens (including phenoxy) is 1. The number of hydrogen-bond donors (Lipinski definition) is 2. The maximum atomic E-state index is 12.0. The summed E-state index contributed by atoms with van der Waals surface area (Å²) in [5.41, 5.74) is 0.410. The molecule has 1 aromatic rings. The molecule has 2 atom stereocenters. The smallest absolute Gasteiger partial charge is 0.310 e. The van der Waals surface area contributed by atoms with Crippen LogP contribution < -0.4 is 5.32 Å². The van der Waals surface area contributed by atoms with Crippen LogP contribution in [0, 0.1) is 5.92 Å². The maximum Gasteiger partial charge on any atom is 0.310 e. The molecule has 0 bridgehead atoms. The number of carbonyl (C=O) groups excluding carboxylic acids is 2. The number of nitrogens with zero attached hydrogens (tertiary/aromatic N) is 1. The van der Waals surface area contributed by atoms with Crippen LogP contribution in [0.4, 0.5) is 0 Å². The van der Waals surface area contributed by atoms with Crippen LogP contribution in [0.15, 0.2) is 12.3 Å². The Morgan fingerprint density at radius 1 is 1.37 bits per heavy atom. The Morgan fingerprint density at radius 3 is 2.84 bits per heavy atom. The van der Waals surface area contributed by atoms with E-state index >= 15 is 0 Å². The fraction of sp³-hybridized carbons (Fsp3) is 0.615. The number of amides is 1. The highest BCUT2D eigenvalue weighted by atomic mass is 16.5. The normalized spacial score (nSPS) is 23.4. The van der Waals surface area contributed by atoms with E-state index in [1.165, 1.54) is 13.3 Å². The first-order chi connectivity index (χ1) is 9.22. The molecule has 0 radical (unpaired) electrons. The molecule has 1 saturated carbocycles. The minimum atomic E-state index is -0.251. The summed E-state index contributed by atoms with van der Waals surface area (Å²) in [6, 6.07) is 1.45. The van der Waals surface area contributed by atoms with Crippen molar-refractivity contribution < 1.29 is 14.3 Å². The summed E-state index contributed by atoms with van der Waals surface area (Å²) in [4.78, 5) is 23.8. The number of aromatic amines is 1. The van der Waals surface area contributed by atoms with E-state index in [4.69, 9.17) is 4.74 Å². The third-order valence-corrected chi connectivity index (χ3v) is 3.58. The van der Waals surface area contributed by atoms with Gasteiger partial charge in [0.2, 0.25) is 0 Å². The van der Waals surface area contributed by atoms with Crippen molar-refractivity contribution in [2.24, 2.45) is 5.92 Å². The largest absolute Gasteiger partial charge is 0.469 e. The lowest BCUT2D eigenvalue weighted by atomic mass is 9.94. The van der Waals surface area contributed by atoms with E-state index < -0.39 is 0 Å². The summed E-state index contributed by atoms with van der Waals surface area (Å²) >= 11 is 0. The molecule has 1 aromatic heterocycles. The lowest BCUT2D eigenvalue weighted by Gasteiger charge is -2.23. The molecule has 0 aromatic carbocycles. The van der Waals surface area contributed by atoms with Crippen molar-refractivity contribution in [1.82, 2.24) is 15.5 Å². The monoisotopic (exact) mass is 265 g/mol. The van der Waals surface area contributed by atoms with E-state index in [1.54, 1.807) is 6.07 Å². The second-order valence-electron chi connectivity index (χ2n) is 4.82. The van der Waals surface area contributed by atoms with E-state index in [0.29, 0.717) is 5.69 Å². The molecule has 1 amide bonds. The van der Waals surface area contributed by atoms with Gasteiger partial charge in [0.05, 0.1) is 13.0 Å². The van der Waals surface area contributed by atoms with Crippen LogP contribution in [0.3, 0.4) is 0 Å². The number of aromatic nitrogens is 2. The molecule has 1 aliphatic carbocycles. The van der Waals surface area contributed by atoms with E-state index in [2.05, 4.69) is 15.5 Å². The Labute approximate surface area is 111 Å². The van der Waals surface area contributed by atoms with Crippen LogP contribution in [0.1, 0.15) is 42.6 Å². The number of rotatable bonds is 3. The second kappa shape index (κ2) is 6.36. The molecule has 0 aliphatic heterocycles. The highest BCUT2D eigenvalue weighted by Crippen LogP contribution is 2.24. The summed E-state index contributed by atoms with van der Waals surface area (Å²) in [7, 11) is 1.39. The van der Waals surface area contributed by atoms with Crippen LogP contribution in [-0.4, -0.2) is 35.2 Å². The third-order valence-electron chi connectivity index (χ3n) is 3.58. The predicted molar refractivity (Wildman–Crippen MR) is 68.4 cm³/mol. The van der Waals surface area contributed by atoms with Gasteiger partial charge in [-0.2, -0.15) is 5.10 Å². The zero-order valence-corrected chi connectivity index (χ0v) is 11.0. The van der Waals surface area contributed by atoms with Crippen LogP contribution in [0.25, 0.3) is 0 Å². The molecule has 1 heterocycles. The van der Waals surface area contributed by atoms with Gasteiger partial charge in [0.15, 0.2) is 0 Å². The molecule has 19 heavy (non-hydrogen) atoms. The van der Waals surface area contributed by atoms with Crippen molar-refractivity contribution in [3.8, 4) is 0 Å². The average Bonchev–Trinajstić information content (AvgIpc) is 2.86. The van der Waals surface area contributed by atoms with Crippen molar-refractivity contribution in [2.45, 2.75) is 38.1 Å². The van der Waals surface area contributed by atoms with Crippen LogP contribution in [0.5, 0.6) is 0 Å². The fourth-order valence-corrected chi connectivity index (χ4v) is 2.54. The molecule has 104 valence electrons.